The lowest BCUT2D eigenvalue weighted by molar-refractivity contribution is 0.0909. The highest BCUT2D eigenvalue weighted by Crippen LogP contribution is 2.34. The highest BCUT2D eigenvalue weighted by atomic mass is 35.5. The van der Waals surface area contributed by atoms with Gasteiger partial charge in [-0.25, -0.2) is 0 Å². The third-order valence-corrected chi connectivity index (χ3v) is 4.23. The van der Waals surface area contributed by atoms with Gasteiger partial charge in [-0.15, -0.1) is 11.3 Å². The minimum Gasteiger partial charge on any atom is -0.376 e. The summed E-state index contributed by atoms with van der Waals surface area (Å²) in [5.74, 6) is 0. The first kappa shape index (κ1) is 10.4. The molecular weight excluding hydrogens is 218 g/mol. The Morgan fingerprint density at radius 2 is 2.50 bits per heavy atom. The van der Waals surface area contributed by atoms with E-state index in [-0.39, 0.29) is 12.1 Å². The van der Waals surface area contributed by atoms with Gasteiger partial charge < -0.3 is 10.5 Å². The van der Waals surface area contributed by atoms with Crippen molar-refractivity contribution in [1.82, 2.24) is 0 Å². The van der Waals surface area contributed by atoms with Gasteiger partial charge in [-0.1, -0.05) is 11.6 Å². The Morgan fingerprint density at radius 1 is 1.71 bits per heavy atom. The molecule has 0 aromatic carbocycles. The SMILES string of the molecule is Cc1cc(C(N)C2CCCO2)sc1Cl. The van der Waals surface area contributed by atoms with E-state index in [1.54, 1.807) is 11.3 Å². The van der Waals surface area contributed by atoms with Gasteiger partial charge in [0, 0.05) is 11.5 Å². The van der Waals surface area contributed by atoms with Gasteiger partial charge in [0.15, 0.2) is 0 Å². The molecule has 1 fully saturated rings. The molecule has 14 heavy (non-hydrogen) atoms. The molecule has 2 N–H and O–H groups in total. The van der Waals surface area contributed by atoms with Crippen LogP contribution in [0.1, 0.15) is 29.3 Å². The summed E-state index contributed by atoms with van der Waals surface area (Å²) in [7, 11) is 0. The number of halogens is 1. The van der Waals surface area contributed by atoms with Gasteiger partial charge in [0.2, 0.25) is 0 Å². The van der Waals surface area contributed by atoms with E-state index < -0.39 is 0 Å². The Hall–Kier alpha value is -0.0900. The van der Waals surface area contributed by atoms with Crippen LogP contribution in [0.5, 0.6) is 0 Å². The summed E-state index contributed by atoms with van der Waals surface area (Å²) in [4.78, 5) is 1.14. The lowest BCUT2D eigenvalue weighted by Crippen LogP contribution is -2.24. The molecule has 0 amide bonds. The van der Waals surface area contributed by atoms with Crippen LogP contribution in [0.3, 0.4) is 0 Å². The molecule has 1 aliphatic heterocycles. The molecule has 0 spiro atoms. The number of nitrogens with two attached hydrogens (primary N) is 1. The Kier molecular flexibility index (Phi) is 3.12. The molecule has 2 rings (SSSR count). The molecule has 2 heterocycles. The largest absolute Gasteiger partial charge is 0.376 e. The molecule has 2 atom stereocenters. The van der Waals surface area contributed by atoms with E-state index in [1.165, 1.54) is 0 Å². The predicted molar refractivity (Wildman–Crippen MR) is 60.0 cm³/mol. The fourth-order valence-electron chi connectivity index (χ4n) is 1.72. The zero-order valence-corrected chi connectivity index (χ0v) is 9.70. The van der Waals surface area contributed by atoms with Crippen LogP contribution in [0.2, 0.25) is 4.34 Å². The third-order valence-electron chi connectivity index (χ3n) is 2.57. The van der Waals surface area contributed by atoms with Gasteiger partial charge in [-0.05, 0) is 31.4 Å². The zero-order valence-electron chi connectivity index (χ0n) is 8.13. The maximum absolute atomic E-state index is 6.11. The summed E-state index contributed by atoms with van der Waals surface area (Å²) >= 11 is 7.57. The first-order valence-electron chi connectivity index (χ1n) is 4.81. The van der Waals surface area contributed by atoms with Crippen molar-refractivity contribution in [2.75, 3.05) is 6.61 Å². The van der Waals surface area contributed by atoms with Crippen molar-refractivity contribution in [3.63, 3.8) is 0 Å². The molecule has 0 saturated carbocycles. The van der Waals surface area contributed by atoms with Crippen LogP contribution in [-0.4, -0.2) is 12.7 Å². The summed E-state index contributed by atoms with van der Waals surface area (Å²) in [5, 5.41) is 0. The Balaban J connectivity index is 2.13. The molecule has 2 unspecified atom stereocenters. The fourth-order valence-corrected chi connectivity index (χ4v) is 2.99. The van der Waals surface area contributed by atoms with E-state index in [0.29, 0.717) is 0 Å². The molecule has 1 aliphatic rings. The maximum atomic E-state index is 6.11. The highest BCUT2D eigenvalue weighted by molar-refractivity contribution is 7.16. The van der Waals surface area contributed by atoms with Crippen molar-refractivity contribution in [3.05, 3.63) is 20.8 Å². The minimum absolute atomic E-state index is 0.00583. The monoisotopic (exact) mass is 231 g/mol. The van der Waals surface area contributed by atoms with Gasteiger partial charge in [0.05, 0.1) is 16.5 Å². The smallest absolute Gasteiger partial charge is 0.0960 e. The van der Waals surface area contributed by atoms with Crippen LogP contribution in [0, 0.1) is 6.92 Å². The summed E-state index contributed by atoms with van der Waals surface area (Å²) in [6.45, 7) is 2.85. The van der Waals surface area contributed by atoms with Crippen molar-refractivity contribution in [2.45, 2.75) is 31.9 Å². The van der Waals surface area contributed by atoms with Crippen molar-refractivity contribution in [3.8, 4) is 0 Å². The van der Waals surface area contributed by atoms with E-state index in [9.17, 15) is 0 Å². The Labute approximate surface area is 93.0 Å². The van der Waals surface area contributed by atoms with Gasteiger partial charge in [-0.3, -0.25) is 0 Å². The zero-order chi connectivity index (χ0) is 10.1. The molecule has 1 aromatic heterocycles. The highest BCUT2D eigenvalue weighted by Gasteiger charge is 2.25. The van der Waals surface area contributed by atoms with Gasteiger partial charge >= 0.3 is 0 Å². The number of rotatable bonds is 2. The quantitative estimate of drug-likeness (QED) is 0.850. The van der Waals surface area contributed by atoms with E-state index in [0.717, 1.165) is 34.2 Å². The van der Waals surface area contributed by atoms with Crippen molar-refractivity contribution in [1.29, 1.82) is 0 Å². The van der Waals surface area contributed by atoms with Crippen LogP contribution in [0.25, 0.3) is 0 Å². The van der Waals surface area contributed by atoms with Crippen LogP contribution in [0.4, 0.5) is 0 Å². The van der Waals surface area contributed by atoms with Crippen LogP contribution in [-0.2, 0) is 4.74 Å². The molecule has 0 bridgehead atoms. The molecule has 0 radical (unpaired) electrons. The normalized spacial score (nSPS) is 24.1. The van der Waals surface area contributed by atoms with Crippen molar-refractivity contribution in [2.24, 2.45) is 5.73 Å². The number of ether oxygens (including phenoxy) is 1. The van der Waals surface area contributed by atoms with Crippen molar-refractivity contribution < 1.29 is 4.74 Å². The number of hydrogen-bond acceptors (Lipinski definition) is 3. The predicted octanol–water partition coefficient (Wildman–Crippen LogP) is 2.89. The molecule has 78 valence electrons. The van der Waals surface area contributed by atoms with Gasteiger partial charge in [0.1, 0.15) is 0 Å². The second-order valence-electron chi connectivity index (χ2n) is 3.68. The van der Waals surface area contributed by atoms with E-state index in [2.05, 4.69) is 6.07 Å². The molecule has 1 saturated heterocycles. The lowest BCUT2D eigenvalue weighted by Gasteiger charge is -2.16. The molecule has 0 aliphatic carbocycles. The average Bonchev–Trinajstić information content (AvgIpc) is 2.76. The minimum atomic E-state index is -0.00583. The molecule has 1 aromatic rings. The standard InChI is InChI=1S/C10H14ClNOS/c1-6-5-8(14-10(6)11)9(12)7-3-2-4-13-7/h5,7,9H,2-4,12H2,1H3. The number of hydrogen-bond donors (Lipinski definition) is 1. The second kappa shape index (κ2) is 4.19. The van der Waals surface area contributed by atoms with E-state index in [4.69, 9.17) is 22.1 Å². The third kappa shape index (κ3) is 1.96. The van der Waals surface area contributed by atoms with Crippen LogP contribution < -0.4 is 5.73 Å². The lowest BCUT2D eigenvalue weighted by atomic mass is 10.1. The molecule has 4 heteroatoms. The maximum Gasteiger partial charge on any atom is 0.0960 e. The second-order valence-corrected chi connectivity index (χ2v) is 5.37. The summed E-state index contributed by atoms with van der Waals surface area (Å²) < 4.78 is 6.40. The van der Waals surface area contributed by atoms with Gasteiger partial charge in [-0.2, -0.15) is 0 Å². The Bertz CT molecular complexity index is 300. The topological polar surface area (TPSA) is 35.2 Å². The van der Waals surface area contributed by atoms with E-state index in [1.807, 2.05) is 6.92 Å². The fraction of sp³-hybridized carbons (Fsp3) is 0.600. The average molecular weight is 232 g/mol. The van der Waals surface area contributed by atoms with E-state index >= 15 is 0 Å². The summed E-state index contributed by atoms with van der Waals surface area (Å²) in [6, 6.07) is 2.06. The van der Waals surface area contributed by atoms with Crippen molar-refractivity contribution >= 4 is 22.9 Å². The van der Waals surface area contributed by atoms with Crippen LogP contribution in [0.15, 0.2) is 6.07 Å². The first-order chi connectivity index (χ1) is 6.68. The first-order valence-corrected chi connectivity index (χ1v) is 6.01. The molecular formula is C10H14ClNOS. The van der Waals surface area contributed by atoms with Crippen LogP contribution >= 0.6 is 22.9 Å². The summed E-state index contributed by atoms with van der Waals surface area (Å²) in [5.41, 5.74) is 7.22. The Morgan fingerprint density at radius 3 is 3.00 bits per heavy atom. The summed E-state index contributed by atoms with van der Waals surface area (Å²) in [6.07, 6.45) is 2.37. The number of aryl methyl sites for hydroxylation is 1. The number of thiophene rings is 1. The van der Waals surface area contributed by atoms with Gasteiger partial charge in [0.25, 0.3) is 0 Å². The molecule has 2 nitrogen and oxygen atoms in total.